The van der Waals surface area contributed by atoms with Crippen LogP contribution in [0.1, 0.15) is 6.42 Å². The average Bonchev–Trinajstić information content (AvgIpc) is 2.39. The molecular weight excluding hydrogens is 182 g/mol. The van der Waals surface area contributed by atoms with E-state index in [2.05, 4.69) is 23.6 Å². The van der Waals surface area contributed by atoms with E-state index in [4.69, 9.17) is 4.74 Å². The van der Waals surface area contributed by atoms with Crippen molar-refractivity contribution < 1.29 is 4.74 Å². The second kappa shape index (κ2) is 5.54. The Balaban J connectivity index is 2.72. The highest BCUT2D eigenvalue weighted by Gasteiger charge is 2.03. The number of nitrogens with one attached hydrogen (secondary N) is 1. The summed E-state index contributed by atoms with van der Waals surface area (Å²) in [5.41, 5.74) is 2.67. The van der Waals surface area contributed by atoms with E-state index >= 15 is 0 Å². The van der Waals surface area contributed by atoms with Crippen molar-refractivity contribution in [1.82, 2.24) is 5.32 Å². The van der Waals surface area contributed by atoms with Gasteiger partial charge in [-0.15, -0.1) is 0 Å². The molecule has 2 nitrogen and oxygen atoms in total. The first-order valence-electron chi connectivity index (χ1n) is 4.14. The lowest BCUT2D eigenvalue weighted by molar-refractivity contribution is 0.281. The first kappa shape index (κ1) is 9.99. The minimum atomic E-state index is 0.727. The van der Waals surface area contributed by atoms with Crippen molar-refractivity contribution in [1.29, 1.82) is 0 Å². The van der Waals surface area contributed by atoms with Gasteiger partial charge >= 0.3 is 0 Å². The molecule has 1 aliphatic carbocycles. The lowest BCUT2D eigenvalue weighted by atomic mass is 10.2. The van der Waals surface area contributed by atoms with Gasteiger partial charge in [-0.3, -0.25) is 0 Å². The van der Waals surface area contributed by atoms with Crippen molar-refractivity contribution in [2.75, 3.05) is 13.7 Å². The van der Waals surface area contributed by atoms with Crippen LogP contribution in [0.25, 0.3) is 0 Å². The number of ether oxygens (including phenoxy) is 1. The standard InChI is InChI=1S/C10H13NOS/c1-12-10-6-4-2-3-5-9(10)7-11-8-13/h2-5,8H,6-7H2,1H3,(H,11,13). The van der Waals surface area contributed by atoms with Gasteiger partial charge in [-0.2, -0.15) is 0 Å². The molecule has 0 aromatic heterocycles. The lowest BCUT2D eigenvalue weighted by Gasteiger charge is -2.08. The Bertz CT molecular complexity index is 266. The van der Waals surface area contributed by atoms with Gasteiger partial charge in [-0.1, -0.05) is 36.5 Å². The molecule has 3 heteroatoms. The third-order valence-electron chi connectivity index (χ3n) is 1.83. The fraction of sp³-hybridized carbons (Fsp3) is 0.300. The van der Waals surface area contributed by atoms with Crippen LogP contribution in [0.4, 0.5) is 0 Å². The molecule has 0 atom stereocenters. The van der Waals surface area contributed by atoms with Crippen LogP contribution in [0.3, 0.4) is 0 Å². The summed E-state index contributed by atoms with van der Waals surface area (Å²) in [6, 6.07) is 0. The largest absolute Gasteiger partial charge is 0.500 e. The maximum atomic E-state index is 5.27. The third kappa shape index (κ3) is 3.03. The van der Waals surface area contributed by atoms with Crippen molar-refractivity contribution in [3.05, 3.63) is 35.6 Å². The molecule has 0 unspecified atom stereocenters. The Labute approximate surface area is 84.0 Å². The highest BCUT2D eigenvalue weighted by molar-refractivity contribution is 7.78. The molecular formula is C10H13NOS. The van der Waals surface area contributed by atoms with Gasteiger partial charge in [0, 0.05) is 18.5 Å². The zero-order chi connectivity index (χ0) is 9.52. The summed E-state index contributed by atoms with van der Waals surface area (Å²) in [4.78, 5) is 0. The van der Waals surface area contributed by atoms with E-state index < -0.39 is 0 Å². The fourth-order valence-electron chi connectivity index (χ4n) is 1.17. The Morgan fingerprint density at radius 2 is 2.46 bits per heavy atom. The van der Waals surface area contributed by atoms with Crippen molar-refractivity contribution in [3.63, 3.8) is 0 Å². The molecule has 0 amide bonds. The molecule has 0 bridgehead atoms. The fourth-order valence-corrected chi connectivity index (χ4v) is 1.26. The molecule has 0 aromatic carbocycles. The highest BCUT2D eigenvalue weighted by Crippen LogP contribution is 2.14. The molecule has 1 rings (SSSR count). The first-order chi connectivity index (χ1) is 6.38. The van der Waals surface area contributed by atoms with Crippen LogP contribution in [0.15, 0.2) is 35.6 Å². The topological polar surface area (TPSA) is 21.3 Å². The zero-order valence-corrected chi connectivity index (χ0v) is 8.43. The summed E-state index contributed by atoms with van der Waals surface area (Å²) in [5.74, 6) is 0.995. The quantitative estimate of drug-likeness (QED) is 0.693. The Morgan fingerprint density at radius 3 is 3.15 bits per heavy atom. The van der Waals surface area contributed by atoms with Crippen LogP contribution in [0.2, 0.25) is 0 Å². The molecule has 0 aliphatic heterocycles. The van der Waals surface area contributed by atoms with E-state index in [1.165, 1.54) is 5.49 Å². The summed E-state index contributed by atoms with van der Waals surface area (Å²) in [6.45, 7) is 0.727. The predicted molar refractivity (Wildman–Crippen MR) is 58.6 cm³/mol. The van der Waals surface area contributed by atoms with E-state index in [0.717, 1.165) is 24.3 Å². The molecule has 0 fully saturated rings. The third-order valence-corrected chi connectivity index (χ3v) is 1.99. The number of thiocarbonyl (C=S) groups is 1. The normalized spacial score (nSPS) is 15.5. The number of methoxy groups -OCH3 is 1. The summed E-state index contributed by atoms with van der Waals surface area (Å²) in [7, 11) is 1.69. The molecule has 0 radical (unpaired) electrons. The Hall–Kier alpha value is -1.09. The molecule has 1 aliphatic rings. The molecule has 1 N–H and O–H groups in total. The zero-order valence-electron chi connectivity index (χ0n) is 7.62. The molecule has 0 saturated heterocycles. The minimum Gasteiger partial charge on any atom is -0.500 e. The number of hydrogen-bond donors (Lipinski definition) is 1. The van der Waals surface area contributed by atoms with E-state index in [0.29, 0.717) is 0 Å². The maximum Gasteiger partial charge on any atom is 0.104 e. The van der Waals surface area contributed by atoms with Gasteiger partial charge in [0.1, 0.15) is 5.76 Å². The number of hydrogen-bond acceptors (Lipinski definition) is 2. The van der Waals surface area contributed by atoms with Crippen LogP contribution in [-0.2, 0) is 4.74 Å². The van der Waals surface area contributed by atoms with E-state index in [-0.39, 0.29) is 0 Å². The van der Waals surface area contributed by atoms with Gasteiger partial charge in [0.05, 0.1) is 12.6 Å². The van der Waals surface area contributed by atoms with E-state index in [1.54, 1.807) is 7.11 Å². The monoisotopic (exact) mass is 195 g/mol. The Morgan fingerprint density at radius 1 is 1.62 bits per heavy atom. The van der Waals surface area contributed by atoms with Crippen molar-refractivity contribution in [2.24, 2.45) is 0 Å². The van der Waals surface area contributed by atoms with Gasteiger partial charge in [0.25, 0.3) is 0 Å². The average molecular weight is 195 g/mol. The first-order valence-corrected chi connectivity index (χ1v) is 4.62. The number of rotatable bonds is 4. The van der Waals surface area contributed by atoms with Crippen LogP contribution >= 0.6 is 12.2 Å². The van der Waals surface area contributed by atoms with Gasteiger partial charge in [0.15, 0.2) is 0 Å². The van der Waals surface area contributed by atoms with Gasteiger partial charge < -0.3 is 10.1 Å². The van der Waals surface area contributed by atoms with Crippen LogP contribution in [-0.4, -0.2) is 19.1 Å². The molecule has 13 heavy (non-hydrogen) atoms. The molecule has 0 spiro atoms. The van der Waals surface area contributed by atoms with Crippen molar-refractivity contribution in [2.45, 2.75) is 6.42 Å². The molecule has 0 saturated carbocycles. The van der Waals surface area contributed by atoms with E-state index in [1.807, 2.05) is 18.2 Å². The van der Waals surface area contributed by atoms with Gasteiger partial charge in [-0.25, -0.2) is 0 Å². The molecule has 0 aromatic rings. The minimum absolute atomic E-state index is 0.727. The molecule has 0 heterocycles. The predicted octanol–water partition coefficient (Wildman–Crippen LogP) is 1.95. The second-order valence-corrected chi connectivity index (χ2v) is 2.88. The van der Waals surface area contributed by atoms with Crippen LogP contribution in [0.5, 0.6) is 0 Å². The van der Waals surface area contributed by atoms with Gasteiger partial charge in [0.2, 0.25) is 0 Å². The number of allylic oxidation sites excluding steroid dienone is 3. The second-order valence-electron chi connectivity index (χ2n) is 2.64. The lowest BCUT2D eigenvalue weighted by Crippen LogP contribution is -2.14. The summed E-state index contributed by atoms with van der Waals surface area (Å²) in [5, 5.41) is 2.98. The summed E-state index contributed by atoms with van der Waals surface area (Å²) in [6.07, 6.45) is 8.97. The van der Waals surface area contributed by atoms with Crippen LogP contribution < -0.4 is 5.32 Å². The van der Waals surface area contributed by atoms with Crippen LogP contribution in [0, 0.1) is 0 Å². The summed E-state index contributed by atoms with van der Waals surface area (Å²) >= 11 is 4.69. The molecule has 70 valence electrons. The van der Waals surface area contributed by atoms with E-state index in [9.17, 15) is 0 Å². The van der Waals surface area contributed by atoms with Crippen molar-refractivity contribution >= 4 is 17.7 Å². The maximum absolute atomic E-state index is 5.27. The summed E-state index contributed by atoms with van der Waals surface area (Å²) < 4.78 is 5.27. The SMILES string of the molecule is COC1=C(CNC=S)C=CC=CC1. The Kier molecular flexibility index (Phi) is 4.26. The highest BCUT2D eigenvalue weighted by atomic mass is 32.1. The van der Waals surface area contributed by atoms with Crippen molar-refractivity contribution in [3.8, 4) is 0 Å². The van der Waals surface area contributed by atoms with Gasteiger partial charge in [-0.05, 0) is 0 Å². The smallest absolute Gasteiger partial charge is 0.104 e.